The second kappa shape index (κ2) is 8.46. The third-order valence-corrected chi connectivity index (χ3v) is 5.49. The first-order chi connectivity index (χ1) is 14.5. The normalized spacial score (nSPS) is 10.7. The lowest BCUT2D eigenvalue weighted by atomic mass is 9.89. The van der Waals surface area contributed by atoms with Crippen molar-refractivity contribution in [2.45, 2.75) is 0 Å². The predicted octanol–water partition coefficient (Wildman–Crippen LogP) is 6.82. The fourth-order valence-corrected chi connectivity index (χ4v) is 3.84. The molecule has 30 heavy (non-hydrogen) atoms. The molecule has 2 nitrogen and oxygen atoms in total. The van der Waals surface area contributed by atoms with Gasteiger partial charge in [0, 0.05) is 39.6 Å². The highest BCUT2D eigenvalue weighted by atomic mass is 15.1. The van der Waals surface area contributed by atoms with E-state index in [-0.39, 0.29) is 0 Å². The topological polar surface area (TPSA) is 6.48 Å². The molecule has 2 heteroatoms. The molecule has 0 aliphatic heterocycles. The molecule has 0 spiro atoms. The second-order valence-corrected chi connectivity index (χ2v) is 7.98. The zero-order valence-electron chi connectivity index (χ0n) is 18.1. The number of benzene rings is 4. The first-order valence-corrected chi connectivity index (χ1v) is 10.3. The molecule has 0 aliphatic carbocycles. The van der Waals surface area contributed by atoms with E-state index >= 15 is 0 Å². The summed E-state index contributed by atoms with van der Waals surface area (Å²) in [5.41, 5.74) is 9.86. The van der Waals surface area contributed by atoms with Crippen molar-refractivity contribution in [3.63, 3.8) is 0 Å². The maximum absolute atomic E-state index is 2.26. The molecule has 0 aliphatic rings. The smallest absolute Gasteiger partial charge is 0.0367 e. The average molecular weight is 393 g/mol. The summed E-state index contributed by atoms with van der Waals surface area (Å²) in [6, 6.07) is 34.9. The van der Waals surface area contributed by atoms with E-state index in [2.05, 4.69) is 135 Å². The zero-order valence-corrected chi connectivity index (χ0v) is 18.1. The van der Waals surface area contributed by atoms with Crippen LogP contribution in [0.15, 0.2) is 97.1 Å². The van der Waals surface area contributed by atoms with Gasteiger partial charge in [0.25, 0.3) is 0 Å². The highest BCUT2D eigenvalue weighted by molar-refractivity contribution is 5.92. The van der Waals surface area contributed by atoms with Crippen molar-refractivity contribution < 1.29 is 0 Å². The van der Waals surface area contributed by atoms with Gasteiger partial charge in [-0.2, -0.15) is 0 Å². The van der Waals surface area contributed by atoms with E-state index in [4.69, 9.17) is 0 Å². The Bertz CT molecular complexity index is 1070. The van der Waals surface area contributed by atoms with E-state index in [9.17, 15) is 0 Å². The third-order valence-electron chi connectivity index (χ3n) is 5.49. The van der Waals surface area contributed by atoms with Gasteiger partial charge in [0.1, 0.15) is 0 Å². The van der Waals surface area contributed by atoms with Crippen LogP contribution in [0, 0.1) is 0 Å². The Morgan fingerprint density at radius 2 is 0.767 bits per heavy atom. The van der Waals surface area contributed by atoms with Crippen LogP contribution in [0.4, 0.5) is 11.4 Å². The van der Waals surface area contributed by atoms with Crippen LogP contribution in [0.5, 0.6) is 0 Å². The highest BCUT2D eigenvalue weighted by Gasteiger charge is 2.13. The van der Waals surface area contributed by atoms with Crippen molar-refractivity contribution in [2.75, 3.05) is 38.0 Å². The van der Waals surface area contributed by atoms with Crippen LogP contribution in [0.3, 0.4) is 0 Å². The number of rotatable bonds is 5. The molecular weight excluding hydrogens is 364 g/mol. The van der Waals surface area contributed by atoms with Gasteiger partial charge >= 0.3 is 0 Å². The number of hydrogen-bond donors (Lipinski definition) is 0. The molecule has 0 atom stereocenters. The van der Waals surface area contributed by atoms with E-state index < -0.39 is 0 Å². The van der Waals surface area contributed by atoms with Crippen molar-refractivity contribution in [3.8, 4) is 33.4 Å². The van der Waals surface area contributed by atoms with Gasteiger partial charge in [-0.05, 0) is 57.6 Å². The lowest BCUT2D eigenvalue weighted by Crippen LogP contribution is -2.08. The lowest BCUT2D eigenvalue weighted by molar-refractivity contribution is 1.13. The molecule has 0 radical (unpaired) electrons. The Balaban J connectivity index is 1.88. The minimum absolute atomic E-state index is 1.20. The Morgan fingerprint density at radius 3 is 1.13 bits per heavy atom. The van der Waals surface area contributed by atoms with Crippen LogP contribution in [0.2, 0.25) is 0 Å². The first kappa shape index (κ1) is 19.8. The fraction of sp³-hybridized carbons (Fsp3) is 0.143. The fourth-order valence-electron chi connectivity index (χ4n) is 3.84. The van der Waals surface area contributed by atoms with Crippen LogP contribution in [-0.4, -0.2) is 28.2 Å². The van der Waals surface area contributed by atoms with Crippen molar-refractivity contribution >= 4 is 11.4 Å². The molecule has 0 N–H and O–H groups in total. The third kappa shape index (κ3) is 3.95. The molecule has 0 saturated heterocycles. The minimum atomic E-state index is 1.20. The van der Waals surface area contributed by atoms with Crippen molar-refractivity contribution in [3.05, 3.63) is 97.1 Å². The molecular formula is C28H28N2. The molecule has 0 heterocycles. The van der Waals surface area contributed by atoms with Crippen LogP contribution in [-0.2, 0) is 0 Å². The summed E-state index contributed by atoms with van der Waals surface area (Å²) in [6.45, 7) is 0. The average Bonchev–Trinajstić information content (AvgIpc) is 2.79. The van der Waals surface area contributed by atoms with Crippen molar-refractivity contribution in [1.29, 1.82) is 0 Å². The number of hydrogen-bond acceptors (Lipinski definition) is 2. The maximum Gasteiger partial charge on any atom is 0.0367 e. The van der Waals surface area contributed by atoms with Crippen LogP contribution >= 0.6 is 0 Å². The van der Waals surface area contributed by atoms with Gasteiger partial charge in [-0.3, -0.25) is 0 Å². The van der Waals surface area contributed by atoms with Crippen molar-refractivity contribution in [2.24, 2.45) is 0 Å². The largest absolute Gasteiger partial charge is 0.378 e. The quantitative estimate of drug-likeness (QED) is 0.368. The van der Waals surface area contributed by atoms with Gasteiger partial charge in [0.2, 0.25) is 0 Å². The van der Waals surface area contributed by atoms with Gasteiger partial charge in [0.15, 0.2) is 0 Å². The second-order valence-electron chi connectivity index (χ2n) is 7.98. The number of nitrogens with zero attached hydrogens (tertiary/aromatic N) is 2. The Hall–Kier alpha value is -3.52. The maximum atomic E-state index is 2.26. The number of anilines is 2. The summed E-state index contributed by atoms with van der Waals surface area (Å²) in [6.07, 6.45) is 0. The van der Waals surface area contributed by atoms with Gasteiger partial charge in [-0.15, -0.1) is 0 Å². The predicted molar refractivity (Wildman–Crippen MR) is 131 cm³/mol. The molecule has 0 amide bonds. The summed E-state index contributed by atoms with van der Waals surface area (Å²) in [7, 11) is 8.33. The monoisotopic (exact) mass is 392 g/mol. The standard InChI is InChI=1S/C28H28N2/c1-29(2)23-13-9-11-21(19-23)25-15-5-7-17-27(25)28-18-8-6-16-26(28)22-12-10-14-24(20-22)30(3)4/h5-20H,1-4H3. The molecule has 0 unspecified atom stereocenters. The molecule has 150 valence electrons. The summed E-state index contributed by atoms with van der Waals surface area (Å²) in [5.74, 6) is 0. The van der Waals surface area contributed by atoms with Crippen LogP contribution < -0.4 is 9.80 Å². The molecule has 0 saturated carbocycles. The molecule has 0 aromatic heterocycles. The van der Waals surface area contributed by atoms with Gasteiger partial charge in [0.05, 0.1) is 0 Å². The lowest BCUT2D eigenvalue weighted by Gasteiger charge is -2.18. The molecule has 4 aromatic carbocycles. The summed E-state index contributed by atoms with van der Waals surface area (Å²) in [5, 5.41) is 0. The van der Waals surface area contributed by atoms with E-state index in [0.29, 0.717) is 0 Å². The van der Waals surface area contributed by atoms with Gasteiger partial charge < -0.3 is 9.80 Å². The first-order valence-electron chi connectivity index (χ1n) is 10.3. The minimum Gasteiger partial charge on any atom is -0.378 e. The van der Waals surface area contributed by atoms with E-state index in [1.807, 2.05) is 0 Å². The highest BCUT2D eigenvalue weighted by Crippen LogP contribution is 2.39. The Kier molecular flexibility index (Phi) is 5.58. The zero-order chi connectivity index (χ0) is 21.1. The SMILES string of the molecule is CN(C)c1cccc(-c2ccccc2-c2ccccc2-c2cccc(N(C)C)c2)c1. The van der Waals surface area contributed by atoms with Crippen LogP contribution in [0.25, 0.3) is 33.4 Å². The van der Waals surface area contributed by atoms with E-state index in [1.165, 1.54) is 44.8 Å². The summed E-state index contributed by atoms with van der Waals surface area (Å²) < 4.78 is 0. The summed E-state index contributed by atoms with van der Waals surface area (Å²) in [4.78, 5) is 4.29. The Morgan fingerprint density at radius 1 is 0.400 bits per heavy atom. The molecule has 4 aromatic rings. The molecule has 0 bridgehead atoms. The van der Waals surface area contributed by atoms with Gasteiger partial charge in [-0.25, -0.2) is 0 Å². The molecule has 4 rings (SSSR count). The summed E-state index contributed by atoms with van der Waals surface area (Å²) >= 11 is 0. The van der Waals surface area contributed by atoms with Gasteiger partial charge in [-0.1, -0.05) is 72.8 Å². The van der Waals surface area contributed by atoms with E-state index in [0.717, 1.165) is 0 Å². The Labute approximate surface area is 180 Å². The molecule has 0 fully saturated rings. The van der Waals surface area contributed by atoms with Crippen LogP contribution in [0.1, 0.15) is 0 Å². The van der Waals surface area contributed by atoms with Crippen molar-refractivity contribution in [1.82, 2.24) is 0 Å². The van der Waals surface area contributed by atoms with E-state index in [1.54, 1.807) is 0 Å².